The van der Waals surface area contributed by atoms with Gasteiger partial charge in [0.05, 0.1) is 6.54 Å². The quantitative estimate of drug-likeness (QED) is 0.659. The number of nitrogens with zero attached hydrogens (tertiary/aromatic N) is 1. The molecule has 0 aromatic carbocycles. The van der Waals surface area contributed by atoms with Crippen LogP contribution in [0.25, 0.3) is 0 Å². The lowest BCUT2D eigenvalue weighted by atomic mass is 10.3. The highest BCUT2D eigenvalue weighted by atomic mass is 19.3. The molecule has 0 aromatic heterocycles. The number of hydrogen-bond donors (Lipinski definition) is 0. The van der Waals surface area contributed by atoms with Gasteiger partial charge in [-0.25, -0.2) is 8.78 Å². The van der Waals surface area contributed by atoms with Crippen molar-refractivity contribution >= 4 is 0 Å². The summed E-state index contributed by atoms with van der Waals surface area (Å²) in [5.41, 5.74) is 0. The standard InChI is InChI=1S/C6H13F2NO.C2H6/c1-9(2)4-6(7,8)5-10-3;1-2/h4-5H2,1-3H3;1-2H3. The summed E-state index contributed by atoms with van der Waals surface area (Å²) in [4.78, 5) is 1.43. The fourth-order valence-electron chi connectivity index (χ4n) is 0.719. The fraction of sp³-hybridized carbons (Fsp3) is 1.00. The van der Waals surface area contributed by atoms with Crippen LogP contribution in [0.4, 0.5) is 8.78 Å². The molecule has 12 heavy (non-hydrogen) atoms. The van der Waals surface area contributed by atoms with Gasteiger partial charge in [0.25, 0.3) is 5.92 Å². The lowest BCUT2D eigenvalue weighted by Gasteiger charge is -2.19. The first-order valence-corrected chi connectivity index (χ1v) is 3.99. The van der Waals surface area contributed by atoms with Crippen LogP contribution in [0.3, 0.4) is 0 Å². The molecule has 0 atom stereocenters. The van der Waals surface area contributed by atoms with Gasteiger partial charge in [-0.1, -0.05) is 13.8 Å². The minimum atomic E-state index is -2.72. The van der Waals surface area contributed by atoms with E-state index in [2.05, 4.69) is 4.74 Å². The maximum atomic E-state index is 12.5. The topological polar surface area (TPSA) is 12.5 Å². The van der Waals surface area contributed by atoms with E-state index in [1.165, 1.54) is 12.0 Å². The van der Waals surface area contributed by atoms with Gasteiger partial charge in [0.15, 0.2) is 0 Å². The Morgan fingerprint density at radius 1 is 1.25 bits per heavy atom. The number of ether oxygens (including phenoxy) is 1. The van der Waals surface area contributed by atoms with Crippen LogP contribution >= 0.6 is 0 Å². The minimum Gasteiger partial charge on any atom is -0.378 e. The van der Waals surface area contributed by atoms with Gasteiger partial charge in [-0.15, -0.1) is 0 Å². The normalized spacial score (nSPS) is 11.0. The van der Waals surface area contributed by atoms with Gasteiger partial charge in [0.2, 0.25) is 0 Å². The molecule has 2 nitrogen and oxygen atoms in total. The number of alkyl halides is 2. The molecule has 0 aliphatic heterocycles. The smallest absolute Gasteiger partial charge is 0.283 e. The van der Waals surface area contributed by atoms with Gasteiger partial charge in [0.1, 0.15) is 6.61 Å². The fourth-order valence-corrected chi connectivity index (χ4v) is 0.719. The molecule has 0 bridgehead atoms. The summed E-state index contributed by atoms with van der Waals surface area (Å²) in [5.74, 6) is -2.72. The third kappa shape index (κ3) is 9.78. The predicted molar refractivity (Wildman–Crippen MR) is 46.7 cm³/mol. The van der Waals surface area contributed by atoms with Crippen molar-refractivity contribution in [3.05, 3.63) is 0 Å². The van der Waals surface area contributed by atoms with Crippen LogP contribution in [0.15, 0.2) is 0 Å². The molecule has 0 spiro atoms. The number of hydrogen-bond acceptors (Lipinski definition) is 2. The van der Waals surface area contributed by atoms with E-state index in [1.807, 2.05) is 13.8 Å². The summed E-state index contributed by atoms with van der Waals surface area (Å²) >= 11 is 0. The van der Waals surface area contributed by atoms with Crippen molar-refractivity contribution in [2.45, 2.75) is 19.8 Å². The highest BCUT2D eigenvalue weighted by molar-refractivity contribution is 4.67. The van der Waals surface area contributed by atoms with Gasteiger partial charge in [-0.2, -0.15) is 0 Å². The van der Waals surface area contributed by atoms with Crippen molar-refractivity contribution in [2.75, 3.05) is 34.4 Å². The van der Waals surface area contributed by atoms with Crippen LogP contribution in [0.2, 0.25) is 0 Å². The Morgan fingerprint density at radius 2 is 1.67 bits per heavy atom. The van der Waals surface area contributed by atoms with Crippen LogP contribution < -0.4 is 0 Å². The zero-order chi connectivity index (χ0) is 10.2. The summed E-state index contributed by atoms with van der Waals surface area (Å²) in [7, 11) is 4.47. The molecule has 0 radical (unpaired) electrons. The molecule has 0 unspecified atom stereocenters. The number of methoxy groups -OCH3 is 1. The molecule has 0 rings (SSSR count). The van der Waals surface area contributed by atoms with E-state index >= 15 is 0 Å². The van der Waals surface area contributed by atoms with Gasteiger partial charge in [-0.05, 0) is 14.1 Å². The molecule has 0 aromatic rings. The zero-order valence-corrected chi connectivity index (χ0v) is 8.53. The summed E-state index contributed by atoms with van der Waals surface area (Å²) in [6, 6.07) is 0. The van der Waals surface area contributed by atoms with E-state index in [0.29, 0.717) is 0 Å². The van der Waals surface area contributed by atoms with Crippen molar-refractivity contribution in [3.63, 3.8) is 0 Å². The van der Waals surface area contributed by atoms with Crippen LogP contribution in [0.1, 0.15) is 13.8 Å². The number of rotatable bonds is 4. The van der Waals surface area contributed by atoms with E-state index in [0.717, 1.165) is 0 Å². The molecule has 0 aliphatic rings. The highest BCUT2D eigenvalue weighted by Gasteiger charge is 2.29. The zero-order valence-electron chi connectivity index (χ0n) is 8.53. The maximum absolute atomic E-state index is 12.5. The van der Waals surface area contributed by atoms with Crippen LogP contribution in [0, 0.1) is 0 Å². The molecule has 0 amide bonds. The van der Waals surface area contributed by atoms with E-state index < -0.39 is 12.5 Å². The molecule has 76 valence electrons. The van der Waals surface area contributed by atoms with E-state index in [4.69, 9.17) is 0 Å². The summed E-state index contributed by atoms with van der Waals surface area (Å²) in [6.07, 6.45) is 0. The van der Waals surface area contributed by atoms with E-state index in [1.54, 1.807) is 14.1 Å². The second kappa shape index (κ2) is 7.43. The first kappa shape index (κ1) is 14.3. The SMILES string of the molecule is CC.COCC(F)(F)CN(C)C. The Bertz CT molecular complexity index is 97.1. The van der Waals surface area contributed by atoms with Gasteiger partial charge < -0.3 is 9.64 Å². The van der Waals surface area contributed by atoms with Gasteiger partial charge in [0, 0.05) is 7.11 Å². The molecule has 0 heterocycles. The number of halogens is 2. The second-order valence-corrected chi connectivity index (χ2v) is 2.53. The van der Waals surface area contributed by atoms with E-state index in [9.17, 15) is 8.78 Å². The van der Waals surface area contributed by atoms with Crippen molar-refractivity contribution in [1.82, 2.24) is 4.90 Å². The summed E-state index contributed by atoms with van der Waals surface area (Å²) in [5, 5.41) is 0. The monoisotopic (exact) mass is 183 g/mol. The highest BCUT2D eigenvalue weighted by Crippen LogP contribution is 2.13. The van der Waals surface area contributed by atoms with Crippen molar-refractivity contribution in [2.24, 2.45) is 0 Å². The van der Waals surface area contributed by atoms with Crippen molar-refractivity contribution in [1.29, 1.82) is 0 Å². The lowest BCUT2D eigenvalue weighted by molar-refractivity contribution is -0.0774. The van der Waals surface area contributed by atoms with E-state index in [-0.39, 0.29) is 6.54 Å². The molecule has 0 saturated carbocycles. The molecule has 0 aliphatic carbocycles. The third-order valence-electron chi connectivity index (χ3n) is 0.903. The lowest BCUT2D eigenvalue weighted by Crippen LogP contribution is -2.35. The molecule has 4 heteroatoms. The Morgan fingerprint density at radius 3 is 1.92 bits per heavy atom. The molecule has 0 fully saturated rings. The summed E-state index contributed by atoms with van der Waals surface area (Å²) < 4.78 is 29.3. The van der Waals surface area contributed by atoms with Crippen LogP contribution in [0.5, 0.6) is 0 Å². The molecule has 0 saturated heterocycles. The Labute approximate surface area is 73.5 Å². The average Bonchev–Trinajstić information content (AvgIpc) is 1.88. The van der Waals surface area contributed by atoms with Crippen molar-refractivity contribution in [3.8, 4) is 0 Å². The van der Waals surface area contributed by atoms with Gasteiger partial charge in [-0.3, -0.25) is 0 Å². The average molecular weight is 183 g/mol. The van der Waals surface area contributed by atoms with Crippen molar-refractivity contribution < 1.29 is 13.5 Å². The first-order chi connectivity index (χ1) is 5.48. The Hall–Kier alpha value is -0.220. The maximum Gasteiger partial charge on any atom is 0.283 e. The molecular weight excluding hydrogens is 164 g/mol. The second-order valence-electron chi connectivity index (χ2n) is 2.53. The van der Waals surface area contributed by atoms with Gasteiger partial charge >= 0.3 is 0 Å². The minimum absolute atomic E-state index is 0.263. The predicted octanol–water partition coefficient (Wildman–Crippen LogP) is 1.86. The Balaban J connectivity index is 0. The Kier molecular flexibility index (Phi) is 8.86. The van der Waals surface area contributed by atoms with Crippen LogP contribution in [-0.2, 0) is 4.74 Å². The van der Waals surface area contributed by atoms with Crippen LogP contribution in [-0.4, -0.2) is 45.2 Å². The molecule has 0 N–H and O–H groups in total. The third-order valence-corrected chi connectivity index (χ3v) is 0.903. The first-order valence-electron chi connectivity index (χ1n) is 3.99. The largest absolute Gasteiger partial charge is 0.378 e. The summed E-state index contributed by atoms with van der Waals surface area (Å²) in [6.45, 7) is 3.23. The molecular formula is C8H19F2NO.